The molecule has 612 valence electrons. The lowest BCUT2D eigenvalue weighted by molar-refractivity contribution is -0.301. The van der Waals surface area contributed by atoms with Crippen molar-refractivity contribution < 1.29 is 242 Å². The Morgan fingerprint density at radius 3 is 0.560 bits per heavy atom. The molecule has 0 amide bonds. The highest BCUT2D eigenvalue weighted by molar-refractivity contribution is 6.59. The fourth-order valence-electron chi connectivity index (χ4n) is 4.48. The zero-order valence-corrected chi connectivity index (χ0v) is 60.0. The van der Waals surface area contributed by atoms with Crippen molar-refractivity contribution in [1.82, 2.24) is 0 Å². The molecule has 0 aromatic heterocycles. The molecule has 0 aliphatic carbocycles. The molecule has 0 aromatic rings. The summed E-state index contributed by atoms with van der Waals surface area (Å²) in [5, 5.41) is 0. The summed E-state index contributed by atoms with van der Waals surface area (Å²) in [7, 11) is -12.6. The first-order valence-corrected chi connectivity index (χ1v) is 35.7. The van der Waals surface area contributed by atoms with Crippen molar-refractivity contribution >= 4 is 54.0 Å². The molecule has 0 bridgehead atoms. The Bertz CT molecular complexity index is 1940. The van der Waals surface area contributed by atoms with Gasteiger partial charge >= 0.3 is 128 Å². The van der Waals surface area contributed by atoms with Crippen molar-refractivity contribution in [2.24, 2.45) is 0 Å². The van der Waals surface area contributed by atoms with Crippen LogP contribution in [0.5, 0.6) is 0 Å². The Kier molecular flexibility index (Phi) is 51.3. The van der Waals surface area contributed by atoms with Gasteiger partial charge in [-0.05, 0) is 20.8 Å². The zero-order valence-electron chi connectivity index (χ0n) is 54.0. The van der Waals surface area contributed by atoms with Gasteiger partial charge in [-0.3, -0.25) is 0 Å². The topological polar surface area (TPSA) is 212 Å². The Balaban J connectivity index is -0.000000272. The van der Waals surface area contributed by atoms with E-state index in [2.05, 4.69) is 70.8 Å². The summed E-state index contributed by atoms with van der Waals surface area (Å²) >= 11 is 0. The molecule has 0 aliphatic heterocycles. The molecule has 0 saturated heterocycles. The van der Waals surface area contributed by atoms with Crippen LogP contribution in [0.4, 0.5) is 140 Å². The third kappa shape index (κ3) is 51.4. The van der Waals surface area contributed by atoms with E-state index >= 15 is 0 Å². The van der Waals surface area contributed by atoms with Gasteiger partial charge in [0.25, 0.3) is 0 Å². The Morgan fingerprint density at radius 2 is 0.410 bits per heavy atom. The molecule has 0 aliphatic rings. The number of hydrogen-bond donors (Lipinski definition) is 0. The normalized spacial score (nSPS) is 14.5. The molecule has 61 heteroatoms. The number of hydrogen-bond acceptors (Lipinski definition) is 23. The molecule has 0 rings (SSSR count). The third-order valence-electron chi connectivity index (χ3n) is 8.93. The predicted octanol–water partition coefficient (Wildman–Crippen LogP) is 11.7. The Morgan fingerprint density at radius 1 is 0.230 bits per heavy atom. The average Bonchev–Trinajstić information content (AvgIpc) is 0.821. The Hall–Kier alpha value is -1.86. The lowest BCUT2D eigenvalue weighted by Crippen LogP contribution is -2.55. The summed E-state index contributed by atoms with van der Waals surface area (Å²) in [5.41, 5.74) is 0. The highest BCUT2D eigenvalue weighted by Crippen LogP contribution is 2.39. The molecule has 1 atom stereocenters. The van der Waals surface area contributed by atoms with E-state index < -0.39 is 187 Å². The summed E-state index contributed by atoms with van der Waals surface area (Å²) in [6.45, 7) is -10.8. The van der Waals surface area contributed by atoms with E-state index in [-0.39, 0.29) is 6.61 Å². The molecular weight excluding hydrogens is 1610 g/mol. The molecular formula is C39H70F32O23Si6. The van der Waals surface area contributed by atoms with Crippen molar-refractivity contribution in [1.29, 1.82) is 0 Å². The second-order valence-electron chi connectivity index (χ2n) is 16.7. The van der Waals surface area contributed by atoms with E-state index in [1.807, 2.05) is 20.4 Å². The van der Waals surface area contributed by atoms with Crippen molar-refractivity contribution in [2.75, 3.05) is 157 Å². The van der Waals surface area contributed by atoms with E-state index in [0.717, 1.165) is 21.3 Å². The van der Waals surface area contributed by atoms with Gasteiger partial charge in [-0.15, -0.1) is 0 Å². The van der Waals surface area contributed by atoms with Crippen LogP contribution in [0.15, 0.2) is 0 Å². The SMILES string of the molecule is CCO[Si](C)(OC)OCC.CCO[Si](OC)(OCC(F)(F)F)OCC(F)(F)C(F)F.CO[Si](OC)(OC)OC.CO[Si](OC)(OCC(F)(F)C(F)(F)F)OCC(F)(F)C(F)(F)F.CO[Si](OC)(OCC(F)(F)F)OCC(F)(F)F.CO[Si](OCC(F)(F)F)(OCC(F)(F)F)OCC(F)(F)F. The van der Waals surface area contributed by atoms with Crippen molar-refractivity contribution in [2.45, 2.75) is 101 Å². The summed E-state index contributed by atoms with van der Waals surface area (Å²) in [6, 6.07) is 0. The van der Waals surface area contributed by atoms with Gasteiger partial charge in [0.2, 0.25) is 0 Å². The van der Waals surface area contributed by atoms with Crippen molar-refractivity contribution in [3.05, 3.63) is 0 Å². The minimum absolute atomic E-state index is 0.280. The van der Waals surface area contributed by atoms with Crippen LogP contribution in [0.3, 0.4) is 0 Å². The largest absolute Gasteiger partial charge is 0.680 e. The predicted molar refractivity (Wildman–Crippen MR) is 275 cm³/mol. The molecule has 0 N–H and O–H groups in total. The van der Waals surface area contributed by atoms with Gasteiger partial charge in [0, 0.05) is 105 Å². The minimum Gasteiger partial charge on any atom is -0.377 e. The van der Waals surface area contributed by atoms with Gasteiger partial charge in [0.05, 0.1) is 0 Å². The van der Waals surface area contributed by atoms with Crippen LogP contribution < -0.4 is 0 Å². The lowest BCUT2D eigenvalue weighted by atomic mass is 10.3. The molecule has 0 saturated carbocycles. The van der Waals surface area contributed by atoms with Gasteiger partial charge in [-0.1, -0.05) is 0 Å². The molecule has 1 unspecified atom stereocenters. The van der Waals surface area contributed by atoms with Crippen LogP contribution in [0, 0.1) is 0 Å². The van der Waals surface area contributed by atoms with E-state index in [9.17, 15) is 140 Å². The van der Waals surface area contributed by atoms with Gasteiger partial charge in [-0.25, -0.2) is 8.78 Å². The van der Waals surface area contributed by atoms with Gasteiger partial charge in [0.15, 0.2) is 0 Å². The maximum atomic E-state index is 12.7. The van der Waals surface area contributed by atoms with Gasteiger partial charge in [0.1, 0.15) is 59.5 Å². The first-order chi connectivity index (χ1) is 44.7. The van der Waals surface area contributed by atoms with Crippen molar-refractivity contribution in [3.8, 4) is 0 Å². The maximum absolute atomic E-state index is 12.7. The molecule has 23 nitrogen and oxygen atoms in total. The quantitative estimate of drug-likeness (QED) is 0.0413. The van der Waals surface area contributed by atoms with Crippen LogP contribution in [-0.4, -0.2) is 285 Å². The third-order valence-corrected chi connectivity index (χ3v) is 21.4. The van der Waals surface area contributed by atoms with Crippen LogP contribution in [0.2, 0.25) is 6.55 Å². The molecule has 0 aromatic carbocycles. The number of alkyl halides is 32. The smallest absolute Gasteiger partial charge is 0.377 e. The molecule has 0 spiro atoms. The highest BCUT2D eigenvalue weighted by atomic mass is 28.4. The first-order valence-electron chi connectivity index (χ1n) is 25.3. The molecule has 100 heavy (non-hydrogen) atoms. The average molecular weight is 1680 g/mol. The van der Waals surface area contributed by atoms with E-state index in [1.165, 1.54) is 35.4 Å². The number of rotatable bonds is 39. The van der Waals surface area contributed by atoms with Gasteiger partial charge < -0.3 is 102 Å². The monoisotopic (exact) mass is 1680 g/mol. The van der Waals surface area contributed by atoms with Crippen LogP contribution in [0.25, 0.3) is 0 Å². The van der Waals surface area contributed by atoms with Crippen LogP contribution in [0.1, 0.15) is 20.8 Å². The number of halogens is 32. The zero-order chi connectivity index (χ0) is 80.8. The second-order valence-corrected chi connectivity index (χ2v) is 31.3. The second kappa shape index (κ2) is 47.1. The summed E-state index contributed by atoms with van der Waals surface area (Å²) in [4.78, 5) is 0. The lowest BCUT2D eigenvalue weighted by Gasteiger charge is -2.29. The van der Waals surface area contributed by atoms with E-state index in [0.29, 0.717) is 34.5 Å². The van der Waals surface area contributed by atoms with Crippen LogP contribution >= 0.6 is 0 Å². The summed E-state index contributed by atoms with van der Waals surface area (Å²) in [5.74, 6) is -15.4. The molecule has 0 fully saturated rings. The first kappa shape index (κ1) is 109. The Labute approximate surface area is 554 Å². The minimum atomic E-state index is -6.05. The molecule has 0 radical (unpaired) electrons. The highest BCUT2D eigenvalue weighted by Gasteiger charge is 2.63. The fraction of sp³-hybridized carbons (Fsp3) is 1.00. The van der Waals surface area contributed by atoms with E-state index in [4.69, 9.17) is 31.0 Å². The van der Waals surface area contributed by atoms with E-state index in [1.54, 1.807) is 7.11 Å². The molecule has 0 heterocycles. The summed E-state index contributed by atoms with van der Waals surface area (Å²) in [6.07, 6.45) is -45.5. The summed E-state index contributed by atoms with van der Waals surface area (Å²) < 4.78 is 488. The van der Waals surface area contributed by atoms with Gasteiger partial charge in [-0.2, -0.15) is 132 Å². The maximum Gasteiger partial charge on any atom is 0.680 e. The van der Waals surface area contributed by atoms with Crippen LogP contribution in [-0.2, 0) is 102 Å². The standard InChI is InChI=1S/C8H10F10O4Si.C8H13F7O4Si.C7H9F9O4Si.C6H10F6O4Si.C6H16O3Si.C4H12O4Si/c1-19-23(20-2,21-3-5(9,10)7(13,14)15)22-4-6(11,12)8(16,17)18;1-3-17-20(16-2,19-5-8(13,14)15)18-4-7(11,12)6(9)10;1-17-21(18-2-5(8,9)10,19-3-6(11,12)13)20-4-7(14,15)16;1-13-17(14-2,15-3-5(7,8)9)16-4-6(10,11)12;1-5-8-10(4,7-3)9-6-2;1-5-9(6-2,7-3)8-4/h3-4H2,1-2H3;6H,3-5H2,1-2H3;2-4H2,1H3;3-4H2,1-2H3;5-6H2,1-4H3;1-4H3. The fourth-order valence-corrected chi connectivity index (χ4v) is 13.0. The van der Waals surface area contributed by atoms with Crippen molar-refractivity contribution in [3.63, 3.8) is 0 Å².